The van der Waals surface area contributed by atoms with E-state index < -0.39 is 0 Å². The van der Waals surface area contributed by atoms with Gasteiger partial charge in [0.1, 0.15) is 17.3 Å². The van der Waals surface area contributed by atoms with Crippen molar-refractivity contribution < 1.29 is 4.39 Å². The maximum absolute atomic E-state index is 13.8. The second kappa shape index (κ2) is 10.3. The number of nitrogens with one attached hydrogen (secondary N) is 1. The van der Waals surface area contributed by atoms with E-state index >= 15 is 0 Å². The number of benzene rings is 2. The number of rotatable bonds is 4. The first-order valence-corrected chi connectivity index (χ1v) is 13.0. The van der Waals surface area contributed by atoms with Crippen molar-refractivity contribution in [3.05, 3.63) is 82.4 Å². The summed E-state index contributed by atoms with van der Waals surface area (Å²) in [7, 11) is 0. The summed E-state index contributed by atoms with van der Waals surface area (Å²) in [5.41, 5.74) is 4.67. The Bertz CT molecular complexity index is 1500. The highest BCUT2D eigenvalue weighted by Crippen LogP contribution is 2.43. The van der Waals surface area contributed by atoms with E-state index in [1.165, 1.54) is 16.8 Å². The lowest BCUT2D eigenvalue weighted by atomic mass is 9.77. The Hall–Kier alpha value is -3.49. The zero-order chi connectivity index (χ0) is 25.6. The van der Waals surface area contributed by atoms with Crippen molar-refractivity contribution in [3.63, 3.8) is 0 Å². The van der Waals surface area contributed by atoms with Crippen LogP contribution in [0.1, 0.15) is 25.3 Å². The van der Waals surface area contributed by atoms with E-state index in [-0.39, 0.29) is 29.2 Å². The van der Waals surface area contributed by atoms with E-state index in [0.717, 1.165) is 79.5 Å². The molecule has 0 bridgehead atoms. The van der Waals surface area contributed by atoms with Crippen LogP contribution in [0.15, 0.2) is 65.5 Å². The Morgan fingerprint density at radius 2 is 1.74 bits per heavy atom. The third-order valence-electron chi connectivity index (χ3n) is 7.95. The molecule has 1 saturated heterocycles. The van der Waals surface area contributed by atoms with Gasteiger partial charge in [-0.1, -0.05) is 25.1 Å². The van der Waals surface area contributed by atoms with Gasteiger partial charge in [-0.3, -0.25) is 4.79 Å². The molecule has 0 aliphatic carbocycles. The quantitative estimate of drug-likeness (QED) is 0.392. The maximum Gasteiger partial charge on any atom is 0.271 e. The smallest absolute Gasteiger partial charge is 0.271 e. The number of aromatic nitrogens is 4. The van der Waals surface area contributed by atoms with Crippen molar-refractivity contribution in [2.75, 3.05) is 31.5 Å². The van der Waals surface area contributed by atoms with Crippen molar-refractivity contribution >= 4 is 18.2 Å². The molecule has 2 aliphatic heterocycles. The van der Waals surface area contributed by atoms with E-state index in [0.29, 0.717) is 5.69 Å². The maximum atomic E-state index is 13.8. The number of nitrogens with zero attached hydrogens (tertiary/aromatic N) is 5. The molecule has 7 nitrogen and oxygen atoms in total. The monoisotopic (exact) mass is 534 g/mol. The molecule has 198 valence electrons. The van der Waals surface area contributed by atoms with Gasteiger partial charge in [0.2, 0.25) is 0 Å². The van der Waals surface area contributed by atoms with Crippen molar-refractivity contribution in [1.82, 2.24) is 24.5 Å². The van der Waals surface area contributed by atoms with Gasteiger partial charge >= 0.3 is 0 Å². The summed E-state index contributed by atoms with van der Waals surface area (Å²) in [5, 5.41) is 13.6. The minimum absolute atomic E-state index is 0. The second-order valence-electron chi connectivity index (χ2n) is 10.3. The summed E-state index contributed by atoms with van der Waals surface area (Å²) >= 11 is 0. The highest BCUT2D eigenvalue weighted by molar-refractivity contribution is 5.87. The number of anilines is 1. The molecule has 9 heteroatoms. The Kier molecular flexibility index (Phi) is 7.11. The molecule has 0 saturated carbocycles. The number of para-hydroxylation sites is 1. The number of hydrogen-bond donors (Lipinski definition) is 1. The molecule has 0 amide bonds. The molecule has 1 spiro atoms. The topological polar surface area (TPSA) is 68.0 Å². The second-order valence-corrected chi connectivity index (χ2v) is 10.3. The minimum atomic E-state index is -0.291. The lowest BCUT2D eigenvalue weighted by Crippen LogP contribution is -2.48. The first-order valence-electron chi connectivity index (χ1n) is 13.0. The van der Waals surface area contributed by atoms with Crippen LogP contribution in [0.2, 0.25) is 0 Å². The zero-order valence-corrected chi connectivity index (χ0v) is 22.5. The van der Waals surface area contributed by atoms with E-state index in [9.17, 15) is 9.18 Å². The Morgan fingerprint density at radius 1 is 1.00 bits per heavy atom. The van der Waals surface area contributed by atoms with Crippen molar-refractivity contribution in [2.45, 2.75) is 33.2 Å². The molecule has 1 fully saturated rings. The Balaban J connectivity index is 0.00000294. The number of likely N-dealkylation sites (tertiary alicyclic amines) is 1. The van der Waals surface area contributed by atoms with Gasteiger partial charge in [0.25, 0.3) is 5.56 Å². The van der Waals surface area contributed by atoms with Gasteiger partial charge < -0.3 is 10.2 Å². The SMILES string of the molecule is CCN1CCC2(CC1)CNc1c(-c3ccc(=O)n(-c4ccccc4C)n3)c(-c3ccc(F)cc3)nn1C2.Cl. The van der Waals surface area contributed by atoms with Gasteiger partial charge in [-0.05, 0) is 81.4 Å². The summed E-state index contributed by atoms with van der Waals surface area (Å²) < 4.78 is 17.3. The fraction of sp³-hybridized carbons (Fsp3) is 0.345. The summed E-state index contributed by atoms with van der Waals surface area (Å²) in [5.74, 6) is 0.602. The van der Waals surface area contributed by atoms with Crippen LogP contribution in [-0.4, -0.2) is 50.6 Å². The molecule has 2 aromatic heterocycles. The Labute approximate surface area is 227 Å². The largest absolute Gasteiger partial charge is 0.369 e. The highest BCUT2D eigenvalue weighted by Gasteiger charge is 2.40. The van der Waals surface area contributed by atoms with Gasteiger partial charge in [-0.25, -0.2) is 9.07 Å². The van der Waals surface area contributed by atoms with Gasteiger partial charge in [0.05, 0.1) is 23.5 Å². The zero-order valence-electron chi connectivity index (χ0n) is 21.7. The third-order valence-corrected chi connectivity index (χ3v) is 7.95. The summed E-state index contributed by atoms with van der Waals surface area (Å²) in [6.45, 7) is 9.13. The molecule has 2 aromatic carbocycles. The molecule has 2 aliphatic rings. The van der Waals surface area contributed by atoms with Crippen LogP contribution in [0.3, 0.4) is 0 Å². The van der Waals surface area contributed by atoms with Crippen LogP contribution in [0.5, 0.6) is 0 Å². The molecule has 38 heavy (non-hydrogen) atoms. The molecule has 4 heterocycles. The van der Waals surface area contributed by atoms with Crippen molar-refractivity contribution in [2.24, 2.45) is 5.41 Å². The van der Waals surface area contributed by atoms with Crippen LogP contribution >= 0.6 is 12.4 Å². The molecule has 4 aromatic rings. The van der Waals surface area contributed by atoms with Crippen molar-refractivity contribution in [1.29, 1.82) is 0 Å². The summed E-state index contributed by atoms with van der Waals surface area (Å²) in [6.07, 6.45) is 2.23. The van der Waals surface area contributed by atoms with Crippen LogP contribution in [0, 0.1) is 18.2 Å². The number of fused-ring (bicyclic) bond motifs is 1. The summed E-state index contributed by atoms with van der Waals surface area (Å²) in [6, 6.07) is 17.4. The van der Waals surface area contributed by atoms with E-state index in [1.807, 2.05) is 31.2 Å². The predicted molar refractivity (Wildman–Crippen MR) is 151 cm³/mol. The number of piperidine rings is 1. The molecule has 0 unspecified atom stereocenters. The van der Waals surface area contributed by atoms with Gasteiger partial charge in [-0.2, -0.15) is 14.9 Å². The minimum Gasteiger partial charge on any atom is -0.369 e. The van der Waals surface area contributed by atoms with Crippen LogP contribution in [0.4, 0.5) is 10.2 Å². The molecule has 0 atom stereocenters. The van der Waals surface area contributed by atoms with Crippen LogP contribution < -0.4 is 10.9 Å². The van der Waals surface area contributed by atoms with E-state index in [4.69, 9.17) is 10.2 Å². The van der Waals surface area contributed by atoms with Crippen LogP contribution in [-0.2, 0) is 6.54 Å². The van der Waals surface area contributed by atoms with Gasteiger partial charge in [0.15, 0.2) is 0 Å². The lowest BCUT2D eigenvalue weighted by molar-refractivity contribution is 0.0921. The third kappa shape index (κ3) is 4.63. The van der Waals surface area contributed by atoms with Crippen molar-refractivity contribution in [3.8, 4) is 28.2 Å². The number of aryl methyl sites for hydroxylation is 1. The molecule has 6 rings (SSSR count). The van der Waals surface area contributed by atoms with Gasteiger partial charge in [-0.15, -0.1) is 12.4 Å². The number of hydrogen-bond acceptors (Lipinski definition) is 5. The normalized spacial score (nSPS) is 16.5. The predicted octanol–water partition coefficient (Wildman–Crippen LogP) is 5.16. The molecular formula is C29H32ClFN6O. The first kappa shape index (κ1) is 26.1. The standard InChI is InChI=1S/C29H31FN6O.ClH/c1-3-34-16-14-29(15-17-34)18-31-28-26(27(33-35(28)19-29)21-8-10-22(30)11-9-21)23-12-13-25(37)36(32-23)24-7-5-4-6-20(24)2;/h4-13,31H,3,14-19H2,1-2H3;1H. The highest BCUT2D eigenvalue weighted by atomic mass is 35.5. The fourth-order valence-corrected chi connectivity index (χ4v) is 5.65. The lowest BCUT2D eigenvalue weighted by Gasteiger charge is -2.44. The van der Waals surface area contributed by atoms with E-state index in [2.05, 4.69) is 21.8 Å². The average Bonchev–Trinajstić information content (AvgIpc) is 3.28. The molecular weight excluding hydrogens is 503 g/mol. The number of halogens is 2. The van der Waals surface area contributed by atoms with Crippen LogP contribution in [0.25, 0.3) is 28.2 Å². The Morgan fingerprint density at radius 3 is 2.45 bits per heavy atom. The fourth-order valence-electron chi connectivity index (χ4n) is 5.65. The van der Waals surface area contributed by atoms with Gasteiger partial charge in [0, 0.05) is 23.6 Å². The summed E-state index contributed by atoms with van der Waals surface area (Å²) in [4.78, 5) is 15.3. The molecule has 0 radical (unpaired) electrons. The van der Waals surface area contributed by atoms with E-state index in [1.54, 1.807) is 24.3 Å². The average molecular weight is 535 g/mol. The first-order chi connectivity index (χ1) is 18.0. The molecule has 1 N–H and O–H groups in total.